The van der Waals surface area contributed by atoms with E-state index in [4.69, 9.17) is 0 Å². The molecular weight excluding hydrogens is 423 g/mol. The summed E-state index contributed by atoms with van der Waals surface area (Å²) in [7, 11) is -3.35. The second-order valence-electron chi connectivity index (χ2n) is 7.02. The minimum Gasteiger partial charge on any atom is -0.292 e. The standard InChI is InChI=1S/C17H25IN2O2S/c1-4-16(18)10-19(11-16)17(5-2)12-20(13-17)23(21,22)15-8-6-14(3)7-9-15/h6-9H,4-5,10-13H2,1-3H3. The predicted molar refractivity (Wildman–Crippen MR) is 102 cm³/mol. The Morgan fingerprint density at radius 1 is 1.04 bits per heavy atom. The average Bonchev–Trinajstić information content (AvgIpc) is 2.44. The molecule has 2 aliphatic heterocycles. The highest BCUT2D eigenvalue weighted by Crippen LogP contribution is 2.44. The third-order valence-electron chi connectivity index (χ3n) is 5.51. The Balaban J connectivity index is 1.70. The molecule has 2 saturated heterocycles. The van der Waals surface area contributed by atoms with Gasteiger partial charge in [0.05, 0.1) is 4.90 Å². The highest BCUT2D eigenvalue weighted by molar-refractivity contribution is 14.1. The van der Waals surface area contributed by atoms with Gasteiger partial charge in [0.15, 0.2) is 0 Å². The third-order valence-corrected chi connectivity index (χ3v) is 8.76. The van der Waals surface area contributed by atoms with E-state index < -0.39 is 10.0 Å². The molecule has 0 atom stereocenters. The van der Waals surface area contributed by atoms with Crippen LogP contribution in [-0.4, -0.2) is 52.8 Å². The molecule has 1 aromatic carbocycles. The average molecular weight is 448 g/mol. The number of hydrogen-bond acceptors (Lipinski definition) is 3. The van der Waals surface area contributed by atoms with Gasteiger partial charge >= 0.3 is 0 Å². The van der Waals surface area contributed by atoms with E-state index in [1.807, 2.05) is 19.1 Å². The lowest BCUT2D eigenvalue weighted by molar-refractivity contribution is -0.0664. The van der Waals surface area contributed by atoms with Gasteiger partial charge in [-0.3, -0.25) is 4.90 Å². The fraction of sp³-hybridized carbons (Fsp3) is 0.647. The molecule has 0 aliphatic carbocycles. The summed E-state index contributed by atoms with van der Waals surface area (Å²) in [6.45, 7) is 9.78. The fourth-order valence-corrected chi connectivity index (χ4v) is 5.91. The van der Waals surface area contributed by atoms with Crippen molar-refractivity contribution in [2.45, 2.75) is 47.5 Å². The number of rotatable bonds is 5. The number of alkyl halides is 1. The number of benzene rings is 1. The number of aryl methyl sites for hydroxylation is 1. The molecule has 0 amide bonds. The van der Waals surface area contributed by atoms with E-state index in [1.165, 1.54) is 6.42 Å². The van der Waals surface area contributed by atoms with Gasteiger partial charge < -0.3 is 0 Å². The SMILES string of the molecule is CCC1(I)CN(C2(CC)CN(S(=O)(=O)c3ccc(C)cc3)C2)C1. The largest absolute Gasteiger partial charge is 0.292 e. The lowest BCUT2D eigenvalue weighted by Crippen LogP contribution is -2.77. The van der Waals surface area contributed by atoms with Gasteiger partial charge in [-0.2, -0.15) is 4.31 Å². The molecule has 0 saturated carbocycles. The minimum absolute atomic E-state index is 0.0433. The van der Waals surface area contributed by atoms with Crippen LogP contribution in [0.4, 0.5) is 0 Å². The summed E-state index contributed by atoms with van der Waals surface area (Å²) in [5, 5.41) is 0. The van der Waals surface area contributed by atoms with Crippen molar-refractivity contribution in [1.82, 2.24) is 9.21 Å². The van der Waals surface area contributed by atoms with Gasteiger partial charge in [0.1, 0.15) is 0 Å². The summed E-state index contributed by atoms with van der Waals surface area (Å²) in [5.74, 6) is 0. The molecule has 128 valence electrons. The van der Waals surface area contributed by atoms with Crippen LogP contribution in [0.3, 0.4) is 0 Å². The molecule has 0 N–H and O–H groups in total. The van der Waals surface area contributed by atoms with Gasteiger partial charge in [0, 0.05) is 35.1 Å². The van der Waals surface area contributed by atoms with Crippen LogP contribution in [0.2, 0.25) is 0 Å². The molecule has 0 spiro atoms. The first-order chi connectivity index (χ1) is 10.7. The molecule has 0 unspecified atom stereocenters. The van der Waals surface area contributed by atoms with Gasteiger partial charge in [-0.25, -0.2) is 8.42 Å². The zero-order chi connectivity index (χ0) is 16.9. The molecule has 4 nitrogen and oxygen atoms in total. The topological polar surface area (TPSA) is 40.6 Å². The van der Waals surface area contributed by atoms with Crippen LogP contribution >= 0.6 is 22.6 Å². The van der Waals surface area contributed by atoms with Crippen molar-refractivity contribution in [3.05, 3.63) is 29.8 Å². The zero-order valence-corrected chi connectivity index (χ0v) is 17.0. The van der Waals surface area contributed by atoms with Crippen molar-refractivity contribution in [3.63, 3.8) is 0 Å². The van der Waals surface area contributed by atoms with Crippen LogP contribution in [0, 0.1) is 6.92 Å². The first-order valence-corrected chi connectivity index (χ1v) is 10.8. The van der Waals surface area contributed by atoms with Crippen molar-refractivity contribution < 1.29 is 8.42 Å². The quantitative estimate of drug-likeness (QED) is 0.514. The number of halogens is 1. The third kappa shape index (κ3) is 2.96. The van der Waals surface area contributed by atoms with Crippen molar-refractivity contribution in [2.24, 2.45) is 0 Å². The molecule has 2 fully saturated rings. The second kappa shape index (κ2) is 5.97. The molecule has 2 heterocycles. The zero-order valence-electron chi connectivity index (χ0n) is 14.0. The maximum absolute atomic E-state index is 12.7. The summed E-state index contributed by atoms with van der Waals surface area (Å²) >= 11 is 2.56. The van der Waals surface area contributed by atoms with E-state index in [-0.39, 0.29) is 5.54 Å². The Morgan fingerprint density at radius 3 is 2.09 bits per heavy atom. The summed E-state index contributed by atoms with van der Waals surface area (Å²) < 4.78 is 27.5. The highest BCUT2D eigenvalue weighted by atomic mass is 127. The maximum Gasteiger partial charge on any atom is 0.243 e. The molecule has 3 rings (SSSR count). The van der Waals surface area contributed by atoms with Gasteiger partial charge in [0.2, 0.25) is 10.0 Å². The van der Waals surface area contributed by atoms with E-state index >= 15 is 0 Å². The molecule has 0 bridgehead atoms. The van der Waals surface area contributed by atoms with Crippen LogP contribution in [0.15, 0.2) is 29.2 Å². The van der Waals surface area contributed by atoms with Crippen LogP contribution in [-0.2, 0) is 10.0 Å². The summed E-state index contributed by atoms with van der Waals surface area (Å²) in [6.07, 6.45) is 2.18. The van der Waals surface area contributed by atoms with Crippen LogP contribution < -0.4 is 0 Å². The van der Waals surface area contributed by atoms with Crippen molar-refractivity contribution in [3.8, 4) is 0 Å². The van der Waals surface area contributed by atoms with E-state index in [1.54, 1.807) is 16.4 Å². The number of likely N-dealkylation sites (tertiary alicyclic amines) is 1. The van der Waals surface area contributed by atoms with E-state index in [2.05, 4.69) is 41.3 Å². The van der Waals surface area contributed by atoms with Crippen molar-refractivity contribution in [2.75, 3.05) is 26.2 Å². The molecular formula is C17H25IN2O2S. The van der Waals surface area contributed by atoms with Gasteiger partial charge in [-0.1, -0.05) is 54.1 Å². The van der Waals surface area contributed by atoms with Crippen molar-refractivity contribution in [1.29, 1.82) is 0 Å². The lowest BCUT2D eigenvalue weighted by Gasteiger charge is -2.62. The Bertz CT molecular complexity index is 675. The fourth-order valence-electron chi connectivity index (χ4n) is 3.48. The van der Waals surface area contributed by atoms with Crippen LogP contribution in [0.5, 0.6) is 0 Å². The Labute approximate surface area is 153 Å². The first kappa shape index (κ1) is 17.6. The molecule has 2 aliphatic rings. The first-order valence-electron chi connectivity index (χ1n) is 8.25. The lowest BCUT2D eigenvalue weighted by atomic mass is 9.81. The van der Waals surface area contributed by atoms with Crippen LogP contribution in [0.1, 0.15) is 32.3 Å². The summed E-state index contributed by atoms with van der Waals surface area (Å²) in [4.78, 5) is 2.90. The van der Waals surface area contributed by atoms with Gasteiger partial charge in [-0.05, 0) is 31.9 Å². The summed E-state index contributed by atoms with van der Waals surface area (Å²) in [5.41, 5.74) is 1.12. The minimum atomic E-state index is -3.35. The molecule has 0 aromatic heterocycles. The second-order valence-corrected chi connectivity index (χ2v) is 11.3. The number of nitrogens with zero attached hydrogens (tertiary/aromatic N) is 2. The Hall–Kier alpha value is -0.180. The predicted octanol–water partition coefficient (Wildman–Crippen LogP) is 3.05. The monoisotopic (exact) mass is 448 g/mol. The van der Waals surface area contributed by atoms with Gasteiger partial charge in [-0.15, -0.1) is 0 Å². The number of sulfonamides is 1. The van der Waals surface area contributed by atoms with E-state index in [9.17, 15) is 8.42 Å². The molecule has 1 aromatic rings. The Kier molecular flexibility index (Phi) is 4.57. The van der Waals surface area contributed by atoms with Gasteiger partial charge in [0.25, 0.3) is 0 Å². The molecule has 0 radical (unpaired) electrons. The van der Waals surface area contributed by atoms with Crippen molar-refractivity contribution >= 4 is 32.6 Å². The van der Waals surface area contributed by atoms with E-state index in [0.717, 1.165) is 25.1 Å². The highest BCUT2D eigenvalue weighted by Gasteiger charge is 2.56. The normalized spacial score (nSPS) is 24.0. The Morgan fingerprint density at radius 2 is 1.61 bits per heavy atom. The van der Waals surface area contributed by atoms with Crippen LogP contribution in [0.25, 0.3) is 0 Å². The maximum atomic E-state index is 12.7. The smallest absolute Gasteiger partial charge is 0.243 e. The molecule has 6 heteroatoms. The van der Waals surface area contributed by atoms with E-state index in [0.29, 0.717) is 21.4 Å². The molecule has 23 heavy (non-hydrogen) atoms. The summed E-state index contributed by atoms with van der Waals surface area (Å²) in [6, 6.07) is 7.15. The number of hydrogen-bond donors (Lipinski definition) is 0.